The summed E-state index contributed by atoms with van der Waals surface area (Å²) in [5.74, 6) is 0.929. The predicted molar refractivity (Wildman–Crippen MR) is 71.2 cm³/mol. The Balaban J connectivity index is 3.94. The van der Waals surface area contributed by atoms with Crippen LogP contribution in [0.15, 0.2) is 0 Å². The van der Waals surface area contributed by atoms with Gasteiger partial charge in [-0.25, -0.2) is 0 Å². The standard InChI is InChI=1S/C15H32/c1-6-12-15(8-3,9-4)13-10-11-14(5)7-2/h14H,6-13H2,1-5H3. The van der Waals surface area contributed by atoms with Crippen molar-refractivity contribution in [3.05, 3.63) is 0 Å². The van der Waals surface area contributed by atoms with E-state index in [1.54, 1.807) is 0 Å². The smallest absolute Gasteiger partial charge is 0.0303 e. The maximum atomic E-state index is 2.39. The summed E-state index contributed by atoms with van der Waals surface area (Å²) in [5.41, 5.74) is 0.669. The Hall–Kier alpha value is 0. The van der Waals surface area contributed by atoms with Crippen molar-refractivity contribution in [3.8, 4) is 0 Å². The van der Waals surface area contributed by atoms with E-state index >= 15 is 0 Å². The maximum absolute atomic E-state index is 2.39. The van der Waals surface area contributed by atoms with Gasteiger partial charge in [-0.2, -0.15) is 0 Å². The predicted octanol–water partition coefficient (Wildman–Crippen LogP) is 5.81. The van der Waals surface area contributed by atoms with Gasteiger partial charge in [0.2, 0.25) is 0 Å². The Bertz CT molecular complexity index is 133. The molecule has 0 nitrogen and oxygen atoms in total. The van der Waals surface area contributed by atoms with Crippen molar-refractivity contribution >= 4 is 0 Å². The molecular weight excluding hydrogens is 180 g/mol. The fourth-order valence-corrected chi connectivity index (χ4v) is 2.64. The zero-order chi connectivity index (χ0) is 11.7. The molecule has 0 saturated carbocycles. The van der Waals surface area contributed by atoms with Crippen LogP contribution in [-0.4, -0.2) is 0 Å². The van der Waals surface area contributed by atoms with Crippen LogP contribution in [0.5, 0.6) is 0 Å². The summed E-state index contributed by atoms with van der Waals surface area (Å²) in [4.78, 5) is 0. The lowest BCUT2D eigenvalue weighted by Crippen LogP contribution is -2.18. The van der Waals surface area contributed by atoms with Gasteiger partial charge in [-0.15, -0.1) is 0 Å². The third-order valence-corrected chi connectivity index (χ3v) is 4.38. The van der Waals surface area contributed by atoms with E-state index in [0.29, 0.717) is 5.41 Å². The Labute approximate surface area is 97.8 Å². The van der Waals surface area contributed by atoms with Gasteiger partial charge in [0.15, 0.2) is 0 Å². The normalized spacial score (nSPS) is 14.2. The van der Waals surface area contributed by atoms with Crippen molar-refractivity contribution < 1.29 is 0 Å². The summed E-state index contributed by atoms with van der Waals surface area (Å²) in [7, 11) is 0. The summed E-state index contributed by atoms with van der Waals surface area (Å²) < 4.78 is 0. The number of hydrogen-bond donors (Lipinski definition) is 0. The van der Waals surface area contributed by atoms with E-state index in [1.165, 1.54) is 51.4 Å². The Morgan fingerprint density at radius 3 is 1.93 bits per heavy atom. The van der Waals surface area contributed by atoms with E-state index in [1.807, 2.05) is 0 Å². The molecule has 15 heavy (non-hydrogen) atoms. The molecule has 0 heterocycles. The molecule has 0 aromatic heterocycles. The lowest BCUT2D eigenvalue weighted by atomic mass is 9.74. The summed E-state index contributed by atoms with van der Waals surface area (Å²) in [5, 5.41) is 0. The van der Waals surface area contributed by atoms with E-state index in [9.17, 15) is 0 Å². The maximum Gasteiger partial charge on any atom is -0.0303 e. The minimum absolute atomic E-state index is 0.669. The molecule has 0 N–H and O–H groups in total. The second-order valence-electron chi connectivity index (χ2n) is 5.36. The molecule has 0 aromatic rings. The molecule has 0 saturated heterocycles. The van der Waals surface area contributed by atoms with Crippen molar-refractivity contribution in [1.82, 2.24) is 0 Å². The van der Waals surface area contributed by atoms with E-state index in [4.69, 9.17) is 0 Å². The van der Waals surface area contributed by atoms with E-state index in [-0.39, 0.29) is 0 Å². The first-order chi connectivity index (χ1) is 7.14. The van der Waals surface area contributed by atoms with Crippen molar-refractivity contribution in [3.63, 3.8) is 0 Å². The van der Waals surface area contributed by atoms with E-state index < -0.39 is 0 Å². The van der Waals surface area contributed by atoms with Crippen LogP contribution >= 0.6 is 0 Å². The molecular formula is C15H32. The molecule has 0 rings (SSSR count). The Kier molecular flexibility index (Phi) is 8.19. The molecule has 0 aromatic carbocycles. The van der Waals surface area contributed by atoms with Crippen LogP contribution in [0, 0.1) is 11.3 Å². The van der Waals surface area contributed by atoms with Gasteiger partial charge in [0.1, 0.15) is 0 Å². The minimum Gasteiger partial charge on any atom is -0.0654 e. The van der Waals surface area contributed by atoms with Crippen LogP contribution in [0.3, 0.4) is 0 Å². The molecule has 0 bridgehead atoms. The van der Waals surface area contributed by atoms with Crippen LogP contribution < -0.4 is 0 Å². The van der Waals surface area contributed by atoms with Gasteiger partial charge in [0, 0.05) is 0 Å². The van der Waals surface area contributed by atoms with Gasteiger partial charge in [-0.3, -0.25) is 0 Å². The van der Waals surface area contributed by atoms with Gasteiger partial charge in [-0.1, -0.05) is 73.1 Å². The van der Waals surface area contributed by atoms with Crippen LogP contribution in [0.25, 0.3) is 0 Å². The monoisotopic (exact) mass is 212 g/mol. The molecule has 0 heteroatoms. The summed E-state index contributed by atoms with van der Waals surface area (Å²) in [6.45, 7) is 11.8. The van der Waals surface area contributed by atoms with Gasteiger partial charge in [0.05, 0.1) is 0 Å². The summed E-state index contributed by atoms with van der Waals surface area (Å²) in [6.07, 6.45) is 11.2. The lowest BCUT2D eigenvalue weighted by molar-refractivity contribution is 0.204. The summed E-state index contributed by atoms with van der Waals surface area (Å²) >= 11 is 0. The molecule has 0 aliphatic rings. The molecule has 92 valence electrons. The minimum atomic E-state index is 0.669. The third-order valence-electron chi connectivity index (χ3n) is 4.38. The first-order valence-electron chi connectivity index (χ1n) is 7.14. The van der Waals surface area contributed by atoms with E-state index in [0.717, 1.165) is 5.92 Å². The molecule has 0 aliphatic carbocycles. The number of rotatable bonds is 9. The Morgan fingerprint density at radius 2 is 1.53 bits per heavy atom. The van der Waals surface area contributed by atoms with Crippen molar-refractivity contribution in [2.75, 3.05) is 0 Å². The topological polar surface area (TPSA) is 0 Å². The van der Waals surface area contributed by atoms with Crippen molar-refractivity contribution in [1.29, 1.82) is 0 Å². The average molecular weight is 212 g/mol. The third kappa shape index (κ3) is 5.58. The highest BCUT2D eigenvalue weighted by atomic mass is 14.3. The molecule has 1 unspecified atom stereocenters. The van der Waals surface area contributed by atoms with Crippen LogP contribution in [0.1, 0.15) is 86.0 Å². The van der Waals surface area contributed by atoms with Gasteiger partial charge < -0.3 is 0 Å². The lowest BCUT2D eigenvalue weighted by Gasteiger charge is -2.32. The largest absolute Gasteiger partial charge is 0.0654 e. The fraction of sp³-hybridized carbons (Fsp3) is 1.00. The van der Waals surface area contributed by atoms with Gasteiger partial charge in [-0.05, 0) is 24.2 Å². The zero-order valence-corrected chi connectivity index (χ0v) is 11.7. The summed E-state index contributed by atoms with van der Waals surface area (Å²) in [6, 6.07) is 0. The highest BCUT2D eigenvalue weighted by Crippen LogP contribution is 2.37. The van der Waals surface area contributed by atoms with Crippen molar-refractivity contribution in [2.45, 2.75) is 86.0 Å². The van der Waals surface area contributed by atoms with Gasteiger partial charge in [0.25, 0.3) is 0 Å². The molecule has 0 aliphatic heterocycles. The first-order valence-corrected chi connectivity index (χ1v) is 7.14. The second-order valence-corrected chi connectivity index (χ2v) is 5.36. The molecule has 1 atom stereocenters. The number of hydrogen-bond acceptors (Lipinski definition) is 0. The highest BCUT2D eigenvalue weighted by molar-refractivity contribution is 4.76. The second kappa shape index (κ2) is 8.19. The first kappa shape index (κ1) is 15.0. The molecule has 0 spiro atoms. The molecule has 0 radical (unpaired) electrons. The quantitative estimate of drug-likeness (QED) is 0.452. The van der Waals surface area contributed by atoms with Crippen LogP contribution in [-0.2, 0) is 0 Å². The SMILES string of the molecule is CCCC(CC)(CC)CCCC(C)CC. The Morgan fingerprint density at radius 1 is 0.933 bits per heavy atom. The van der Waals surface area contributed by atoms with Crippen LogP contribution in [0.2, 0.25) is 0 Å². The fourth-order valence-electron chi connectivity index (χ4n) is 2.64. The zero-order valence-electron chi connectivity index (χ0n) is 11.7. The van der Waals surface area contributed by atoms with Crippen LogP contribution in [0.4, 0.5) is 0 Å². The van der Waals surface area contributed by atoms with E-state index in [2.05, 4.69) is 34.6 Å². The van der Waals surface area contributed by atoms with Gasteiger partial charge >= 0.3 is 0 Å². The molecule has 0 amide bonds. The van der Waals surface area contributed by atoms with Crippen molar-refractivity contribution in [2.24, 2.45) is 11.3 Å². The average Bonchev–Trinajstić information content (AvgIpc) is 2.27. The highest BCUT2D eigenvalue weighted by Gasteiger charge is 2.24. The molecule has 0 fully saturated rings.